The molecule has 0 aliphatic heterocycles. The van der Waals surface area contributed by atoms with Gasteiger partial charge in [-0.1, -0.05) is 35.0 Å². The molecule has 3 rings (SSSR count). The lowest BCUT2D eigenvalue weighted by molar-refractivity contribution is -0.684. The van der Waals surface area contributed by atoms with Gasteiger partial charge in [-0.2, -0.15) is 0 Å². The zero-order valence-corrected chi connectivity index (χ0v) is 13.7. The van der Waals surface area contributed by atoms with E-state index in [1.807, 2.05) is 55.6 Å². The highest BCUT2D eigenvalue weighted by Gasteiger charge is 2.15. The van der Waals surface area contributed by atoms with E-state index in [9.17, 15) is 4.79 Å². The Morgan fingerprint density at radius 3 is 2.79 bits per heavy atom. The van der Waals surface area contributed by atoms with Crippen LogP contribution in [0.3, 0.4) is 0 Å². The first-order valence-electron chi connectivity index (χ1n) is 7.82. The topological polar surface area (TPSA) is 84.9 Å². The Hall–Kier alpha value is -2.86. The van der Waals surface area contributed by atoms with Crippen molar-refractivity contribution in [2.45, 2.75) is 19.9 Å². The molecule has 1 amide bonds. The lowest BCUT2D eigenvalue weighted by Gasteiger charge is -2.07. The van der Waals surface area contributed by atoms with Crippen molar-refractivity contribution in [1.29, 1.82) is 0 Å². The van der Waals surface area contributed by atoms with E-state index in [0.717, 1.165) is 11.3 Å². The number of rotatable bonds is 6. The van der Waals surface area contributed by atoms with Crippen LogP contribution in [-0.4, -0.2) is 17.6 Å². The molecule has 0 unspecified atom stereocenters. The molecule has 3 N–H and O–H groups in total. The lowest BCUT2D eigenvalue weighted by Crippen LogP contribution is -2.86. The van der Waals surface area contributed by atoms with Gasteiger partial charge in [0.15, 0.2) is 12.3 Å². The molecule has 1 atom stereocenters. The number of nitrogens with zero attached hydrogens (tertiary/aromatic N) is 1. The highest BCUT2D eigenvalue weighted by Crippen LogP contribution is 2.21. The third kappa shape index (κ3) is 3.91. The molecule has 0 radical (unpaired) electrons. The van der Waals surface area contributed by atoms with Gasteiger partial charge in [-0.15, -0.1) is 0 Å². The van der Waals surface area contributed by atoms with Crippen LogP contribution in [0.5, 0.6) is 0 Å². The number of quaternary nitrogens is 1. The number of carbonyl (C=O) groups excluding carboxylic acids is 1. The van der Waals surface area contributed by atoms with Gasteiger partial charge < -0.3 is 14.3 Å². The molecule has 0 fully saturated rings. The van der Waals surface area contributed by atoms with Crippen LogP contribution in [0.1, 0.15) is 24.3 Å². The van der Waals surface area contributed by atoms with Gasteiger partial charge in [0.2, 0.25) is 5.88 Å². The van der Waals surface area contributed by atoms with Crippen molar-refractivity contribution >= 4 is 11.8 Å². The van der Waals surface area contributed by atoms with Gasteiger partial charge in [-0.25, -0.2) is 0 Å². The second kappa shape index (κ2) is 7.14. The molecule has 6 nitrogen and oxygen atoms in total. The van der Waals surface area contributed by atoms with Crippen LogP contribution in [-0.2, 0) is 4.79 Å². The van der Waals surface area contributed by atoms with Crippen molar-refractivity contribution in [3.63, 3.8) is 0 Å². The van der Waals surface area contributed by atoms with E-state index in [0.29, 0.717) is 11.6 Å². The average Bonchev–Trinajstić information content (AvgIpc) is 3.25. The Labute approximate surface area is 139 Å². The van der Waals surface area contributed by atoms with E-state index in [4.69, 9.17) is 8.94 Å². The summed E-state index contributed by atoms with van der Waals surface area (Å²) in [5, 5.41) is 8.60. The van der Waals surface area contributed by atoms with E-state index in [1.54, 1.807) is 12.3 Å². The summed E-state index contributed by atoms with van der Waals surface area (Å²) in [7, 11) is 0. The van der Waals surface area contributed by atoms with Crippen LogP contribution in [0.2, 0.25) is 0 Å². The standard InChI is InChI=1S/C18H19N3O3/c1-12-5-7-14(8-6-12)15-10-18(24-21-15)20-17(22)11-19-13(2)16-4-3-9-23-16/h3-10,13,19H,11H2,1-2H3,(H,20,22)/p+1/t13-/m0/s1. The first kappa shape index (κ1) is 16.0. The molecule has 2 aromatic heterocycles. The molecule has 1 aromatic carbocycles. The van der Waals surface area contributed by atoms with Crippen molar-refractivity contribution in [1.82, 2.24) is 5.16 Å². The first-order valence-corrected chi connectivity index (χ1v) is 7.82. The predicted molar refractivity (Wildman–Crippen MR) is 89.2 cm³/mol. The number of anilines is 1. The number of nitrogens with one attached hydrogen (secondary N) is 1. The zero-order chi connectivity index (χ0) is 16.9. The number of furan rings is 1. The average molecular weight is 326 g/mol. The van der Waals surface area contributed by atoms with E-state index < -0.39 is 0 Å². The number of aromatic nitrogens is 1. The molecule has 0 saturated heterocycles. The number of benzene rings is 1. The van der Waals surface area contributed by atoms with E-state index in [2.05, 4.69) is 10.5 Å². The molecular formula is C18H20N3O3+. The van der Waals surface area contributed by atoms with Crippen molar-refractivity contribution in [3.05, 3.63) is 60.1 Å². The van der Waals surface area contributed by atoms with E-state index in [-0.39, 0.29) is 18.5 Å². The first-order chi connectivity index (χ1) is 11.6. The minimum absolute atomic E-state index is 0.0728. The van der Waals surface area contributed by atoms with Crippen molar-refractivity contribution in [2.24, 2.45) is 0 Å². The van der Waals surface area contributed by atoms with Crippen molar-refractivity contribution in [3.8, 4) is 11.3 Å². The van der Waals surface area contributed by atoms with Gasteiger partial charge in [-0.3, -0.25) is 10.1 Å². The van der Waals surface area contributed by atoms with Gasteiger partial charge >= 0.3 is 0 Å². The molecule has 0 aliphatic carbocycles. The summed E-state index contributed by atoms with van der Waals surface area (Å²) in [5.74, 6) is 1.03. The van der Waals surface area contributed by atoms with Crippen molar-refractivity contribution < 1.29 is 19.1 Å². The summed E-state index contributed by atoms with van der Waals surface area (Å²) in [6.45, 7) is 4.27. The molecule has 2 heterocycles. The molecule has 0 spiro atoms. The van der Waals surface area contributed by atoms with Gasteiger partial charge in [-0.05, 0) is 26.0 Å². The third-order valence-electron chi connectivity index (χ3n) is 3.77. The smallest absolute Gasteiger partial charge is 0.281 e. The Morgan fingerprint density at radius 2 is 2.08 bits per heavy atom. The molecule has 6 heteroatoms. The Bertz CT molecular complexity index is 791. The number of hydrogen-bond acceptors (Lipinski definition) is 4. The van der Waals surface area contributed by atoms with Gasteiger partial charge in [0, 0.05) is 11.6 Å². The van der Waals surface area contributed by atoms with Crippen LogP contribution in [0.25, 0.3) is 11.3 Å². The maximum Gasteiger partial charge on any atom is 0.281 e. The SMILES string of the molecule is Cc1ccc(-c2cc(NC(=O)C[NH2+][C@@H](C)c3ccco3)on2)cc1. The molecule has 0 saturated carbocycles. The van der Waals surface area contributed by atoms with Crippen LogP contribution in [0, 0.1) is 6.92 Å². The largest absolute Gasteiger partial charge is 0.463 e. The van der Waals surface area contributed by atoms with Crippen LogP contribution >= 0.6 is 0 Å². The summed E-state index contributed by atoms with van der Waals surface area (Å²) in [4.78, 5) is 12.0. The van der Waals surface area contributed by atoms with Gasteiger partial charge in [0.05, 0.1) is 6.26 Å². The number of carbonyl (C=O) groups is 1. The second-order valence-corrected chi connectivity index (χ2v) is 5.73. The molecule has 0 aliphatic rings. The monoisotopic (exact) mass is 326 g/mol. The molecule has 3 aromatic rings. The Kier molecular flexibility index (Phi) is 4.77. The third-order valence-corrected chi connectivity index (χ3v) is 3.77. The normalized spacial score (nSPS) is 12.1. The number of nitrogens with two attached hydrogens (primary N) is 1. The molecule has 24 heavy (non-hydrogen) atoms. The lowest BCUT2D eigenvalue weighted by atomic mass is 10.1. The van der Waals surface area contributed by atoms with Crippen LogP contribution in [0.4, 0.5) is 5.88 Å². The highest BCUT2D eigenvalue weighted by atomic mass is 16.5. The summed E-state index contributed by atoms with van der Waals surface area (Å²) in [6.07, 6.45) is 1.63. The van der Waals surface area contributed by atoms with E-state index in [1.165, 1.54) is 5.56 Å². The van der Waals surface area contributed by atoms with Gasteiger partial charge in [0.25, 0.3) is 5.91 Å². The maximum atomic E-state index is 12.0. The Balaban J connectivity index is 1.54. The number of aryl methyl sites for hydroxylation is 1. The predicted octanol–water partition coefficient (Wildman–Crippen LogP) is 2.51. The number of hydrogen-bond donors (Lipinski definition) is 2. The highest BCUT2D eigenvalue weighted by molar-refractivity contribution is 5.90. The quantitative estimate of drug-likeness (QED) is 0.729. The van der Waals surface area contributed by atoms with Crippen molar-refractivity contribution in [2.75, 3.05) is 11.9 Å². The summed E-state index contributed by atoms with van der Waals surface area (Å²) in [5.41, 5.74) is 2.82. The zero-order valence-electron chi connectivity index (χ0n) is 13.7. The summed E-state index contributed by atoms with van der Waals surface area (Å²) < 4.78 is 10.5. The molecule has 0 bridgehead atoms. The fourth-order valence-electron chi connectivity index (χ4n) is 2.33. The molecular weight excluding hydrogens is 306 g/mol. The second-order valence-electron chi connectivity index (χ2n) is 5.73. The Morgan fingerprint density at radius 1 is 1.29 bits per heavy atom. The van der Waals surface area contributed by atoms with E-state index >= 15 is 0 Å². The fraction of sp³-hybridized carbons (Fsp3) is 0.222. The minimum Gasteiger partial charge on any atom is -0.463 e. The van der Waals surface area contributed by atoms with Crippen LogP contribution < -0.4 is 10.6 Å². The summed E-state index contributed by atoms with van der Waals surface area (Å²) in [6, 6.07) is 13.5. The fourth-order valence-corrected chi connectivity index (χ4v) is 2.33. The maximum absolute atomic E-state index is 12.0. The number of amides is 1. The van der Waals surface area contributed by atoms with Gasteiger partial charge in [0.1, 0.15) is 11.7 Å². The minimum atomic E-state index is -0.153. The van der Waals surface area contributed by atoms with Crippen LogP contribution in [0.15, 0.2) is 57.7 Å². The summed E-state index contributed by atoms with van der Waals surface area (Å²) >= 11 is 0. The molecule has 124 valence electrons.